The van der Waals surface area contributed by atoms with Gasteiger partial charge in [0.15, 0.2) is 16.5 Å². The summed E-state index contributed by atoms with van der Waals surface area (Å²) in [5, 5.41) is 11.3. The first-order valence-electron chi connectivity index (χ1n) is 4.60. The van der Waals surface area contributed by atoms with Crippen LogP contribution in [-0.2, 0) is 0 Å². The molecule has 0 bridgehead atoms. The quantitative estimate of drug-likeness (QED) is 0.704. The van der Waals surface area contributed by atoms with E-state index in [-0.39, 0.29) is 5.82 Å². The molecule has 84 valence electrons. The summed E-state index contributed by atoms with van der Waals surface area (Å²) < 4.78 is 0. The number of aromatic amines is 1. The molecular weight excluding hydrogens is 242 g/mol. The lowest BCUT2D eigenvalue weighted by molar-refractivity contribution is 0.0684. The van der Waals surface area contributed by atoms with Crippen molar-refractivity contribution in [3.63, 3.8) is 0 Å². The van der Waals surface area contributed by atoms with Gasteiger partial charge in [0, 0.05) is 11.6 Å². The van der Waals surface area contributed by atoms with Crippen molar-refractivity contribution in [2.45, 2.75) is 0 Å². The predicted molar refractivity (Wildman–Crippen MR) is 59.8 cm³/mol. The summed E-state index contributed by atoms with van der Waals surface area (Å²) in [5.74, 6) is -0.882. The second-order valence-electron chi connectivity index (χ2n) is 3.16. The second-order valence-corrected chi connectivity index (χ2v) is 4.05. The first-order chi connectivity index (χ1) is 8.24. The van der Waals surface area contributed by atoms with Crippen molar-refractivity contribution in [3.8, 4) is 10.8 Å². The van der Waals surface area contributed by atoms with Crippen LogP contribution in [0.25, 0.3) is 22.0 Å². The number of nitrogens with zero attached hydrogens (tertiary/aromatic N) is 4. The minimum absolute atomic E-state index is 0.269. The van der Waals surface area contributed by atoms with Crippen LogP contribution in [0.2, 0.25) is 0 Å². The van der Waals surface area contributed by atoms with Crippen LogP contribution < -0.4 is 0 Å². The molecule has 0 aromatic carbocycles. The largest absolute Gasteiger partial charge is 0.475 e. The van der Waals surface area contributed by atoms with Crippen molar-refractivity contribution in [2.75, 3.05) is 0 Å². The van der Waals surface area contributed by atoms with E-state index in [9.17, 15) is 4.79 Å². The number of hydrogen-bond acceptors (Lipinski definition) is 6. The summed E-state index contributed by atoms with van der Waals surface area (Å²) in [5.41, 5.74) is 0.905. The number of carbonyl (C=O) groups is 1. The molecule has 0 fully saturated rings. The molecule has 0 saturated heterocycles. The molecule has 0 aliphatic rings. The SMILES string of the molecule is O=C(O)c1ncc2[nH]c(-c3nccs3)nc2n1. The molecule has 0 unspecified atom stereocenters. The van der Waals surface area contributed by atoms with E-state index in [1.54, 1.807) is 6.20 Å². The van der Waals surface area contributed by atoms with Gasteiger partial charge in [-0.2, -0.15) is 0 Å². The van der Waals surface area contributed by atoms with E-state index in [1.165, 1.54) is 17.5 Å². The second kappa shape index (κ2) is 3.59. The molecule has 3 rings (SSSR count). The molecule has 7 nitrogen and oxygen atoms in total. The first-order valence-corrected chi connectivity index (χ1v) is 5.48. The van der Waals surface area contributed by atoms with Crippen LogP contribution in [0.4, 0.5) is 0 Å². The van der Waals surface area contributed by atoms with Crippen LogP contribution >= 0.6 is 11.3 Å². The molecule has 0 atom stereocenters. The lowest BCUT2D eigenvalue weighted by Gasteiger charge is -1.90. The Kier molecular flexibility index (Phi) is 2.08. The van der Waals surface area contributed by atoms with Gasteiger partial charge in [0.1, 0.15) is 5.52 Å². The molecular formula is C9H5N5O2S. The fraction of sp³-hybridized carbons (Fsp3) is 0. The number of fused-ring (bicyclic) bond motifs is 1. The lowest BCUT2D eigenvalue weighted by atomic mass is 10.5. The minimum atomic E-state index is -1.18. The Morgan fingerprint density at radius 3 is 2.94 bits per heavy atom. The van der Waals surface area contributed by atoms with Crippen molar-refractivity contribution in [3.05, 3.63) is 23.6 Å². The zero-order valence-corrected chi connectivity index (χ0v) is 9.10. The number of thiazole rings is 1. The number of nitrogens with one attached hydrogen (secondary N) is 1. The topological polar surface area (TPSA) is 105 Å². The molecule has 8 heteroatoms. The fourth-order valence-electron chi connectivity index (χ4n) is 1.35. The van der Waals surface area contributed by atoms with Crippen LogP contribution in [-0.4, -0.2) is 36.0 Å². The van der Waals surface area contributed by atoms with Crippen LogP contribution in [0, 0.1) is 0 Å². The van der Waals surface area contributed by atoms with Crippen LogP contribution in [0.15, 0.2) is 17.8 Å². The maximum Gasteiger partial charge on any atom is 0.374 e. The van der Waals surface area contributed by atoms with Gasteiger partial charge in [0.05, 0.1) is 6.20 Å². The first kappa shape index (κ1) is 9.85. The zero-order valence-electron chi connectivity index (χ0n) is 8.28. The standard InChI is InChI=1S/C9H5N5O2S/c15-9(16)7-11-3-4-5(14-7)13-6(12-4)8-10-1-2-17-8/h1-3H,(H,15,16)(H,11,12,13,14). The highest BCUT2D eigenvalue weighted by atomic mass is 32.1. The zero-order chi connectivity index (χ0) is 11.8. The van der Waals surface area contributed by atoms with E-state index in [2.05, 4.69) is 24.9 Å². The molecule has 0 aliphatic carbocycles. The van der Waals surface area contributed by atoms with Crippen LogP contribution in [0.3, 0.4) is 0 Å². The third-order valence-electron chi connectivity index (χ3n) is 2.07. The molecule has 0 amide bonds. The lowest BCUT2D eigenvalue weighted by Crippen LogP contribution is -2.03. The van der Waals surface area contributed by atoms with Crippen LogP contribution in [0.5, 0.6) is 0 Å². The van der Waals surface area contributed by atoms with Crippen molar-refractivity contribution in [2.24, 2.45) is 0 Å². The van der Waals surface area contributed by atoms with Gasteiger partial charge in [-0.25, -0.2) is 24.7 Å². The third kappa shape index (κ3) is 1.64. The Morgan fingerprint density at radius 2 is 2.24 bits per heavy atom. The minimum Gasteiger partial charge on any atom is -0.475 e. The molecule has 0 radical (unpaired) electrons. The van der Waals surface area contributed by atoms with E-state index in [1.807, 2.05) is 5.38 Å². The van der Waals surface area contributed by atoms with Gasteiger partial charge in [0.2, 0.25) is 5.82 Å². The van der Waals surface area contributed by atoms with Gasteiger partial charge in [0.25, 0.3) is 0 Å². The number of hydrogen-bond donors (Lipinski definition) is 2. The van der Waals surface area contributed by atoms with Gasteiger partial charge in [-0.15, -0.1) is 11.3 Å². The maximum atomic E-state index is 10.7. The Bertz CT molecular complexity index is 691. The smallest absolute Gasteiger partial charge is 0.374 e. The van der Waals surface area contributed by atoms with Gasteiger partial charge < -0.3 is 10.1 Å². The van der Waals surface area contributed by atoms with Crippen molar-refractivity contribution >= 4 is 28.5 Å². The van der Waals surface area contributed by atoms with Gasteiger partial charge in [-0.3, -0.25) is 0 Å². The molecule has 3 heterocycles. The average Bonchev–Trinajstić information content (AvgIpc) is 2.96. The molecule has 0 spiro atoms. The number of imidazole rings is 1. The summed E-state index contributed by atoms with van der Waals surface area (Å²) in [6, 6.07) is 0. The fourth-order valence-corrected chi connectivity index (χ4v) is 1.93. The van der Waals surface area contributed by atoms with E-state index in [0.717, 1.165) is 5.01 Å². The average molecular weight is 247 g/mol. The predicted octanol–water partition coefficient (Wildman–Crippen LogP) is 1.17. The Balaban J connectivity index is 2.16. The Labute approximate surface area is 98.2 Å². The monoisotopic (exact) mass is 247 g/mol. The van der Waals surface area contributed by atoms with E-state index < -0.39 is 5.97 Å². The number of aromatic carboxylic acids is 1. The van der Waals surface area contributed by atoms with Gasteiger partial charge in [-0.1, -0.05) is 0 Å². The number of rotatable bonds is 2. The molecule has 3 aromatic heterocycles. The van der Waals surface area contributed by atoms with Gasteiger partial charge in [-0.05, 0) is 0 Å². The van der Waals surface area contributed by atoms with Crippen molar-refractivity contribution < 1.29 is 9.90 Å². The molecule has 2 N–H and O–H groups in total. The highest BCUT2D eigenvalue weighted by Gasteiger charge is 2.12. The van der Waals surface area contributed by atoms with E-state index in [4.69, 9.17) is 5.11 Å². The maximum absolute atomic E-state index is 10.7. The molecule has 0 saturated carbocycles. The third-order valence-corrected chi connectivity index (χ3v) is 2.85. The van der Waals surface area contributed by atoms with Gasteiger partial charge >= 0.3 is 5.97 Å². The summed E-state index contributed by atoms with van der Waals surface area (Å²) in [7, 11) is 0. The summed E-state index contributed by atoms with van der Waals surface area (Å²) >= 11 is 1.43. The summed E-state index contributed by atoms with van der Waals surface area (Å²) in [4.78, 5) is 29.5. The highest BCUT2D eigenvalue weighted by molar-refractivity contribution is 7.13. The van der Waals surface area contributed by atoms with Crippen molar-refractivity contribution in [1.29, 1.82) is 0 Å². The Hall–Kier alpha value is -2.35. The number of aromatic nitrogens is 5. The highest BCUT2D eigenvalue weighted by Crippen LogP contribution is 2.20. The van der Waals surface area contributed by atoms with Crippen molar-refractivity contribution in [1.82, 2.24) is 24.9 Å². The van der Waals surface area contributed by atoms with E-state index >= 15 is 0 Å². The number of carboxylic acids is 1. The summed E-state index contributed by atoms with van der Waals surface area (Å²) in [6.45, 7) is 0. The summed E-state index contributed by atoms with van der Waals surface area (Å²) in [6.07, 6.45) is 3.07. The number of carboxylic acid groups (broad SMARTS) is 1. The number of H-pyrrole nitrogens is 1. The van der Waals surface area contributed by atoms with Crippen LogP contribution in [0.1, 0.15) is 10.6 Å². The van der Waals surface area contributed by atoms with E-state index in [0.29, 0.717) is 17.0 Å². The molecule has 3 aromatic rings. The molecule has 17 heavy (non-hydrogen) atoms. The Morgan fingerprint density at radius 1 is 1.35 bits per heavy atom. The normalized spacial score (nSPS) is 10.8. The molecule has 0 aliphatic heterocycles.